The van der Waals surface area contributed by atoms with Gasteiger partial charge < -0.3 is 10.1 Å². The average molecular weight is 237 g/mol. The van der Waals surface area contributed by atoms with E-state index in [-0.39, 0.29) is 6.10 Å². The van der Waals surface area contributed by atoms with Gasteiger partial charge in [-0.2, -0.15) is 5.26 Å². The summed E-state index contributed by atoms with van der Waals surface area (Å²) in [6.45, 7) is 1.94. The highest BCUT2D eigenvalue weighted by atomic mass is 35.5. The van der Waals surface area contributed by atoms with Crippen molar-refractivity contribution in [2.45, 2.75) is 18.9 Å². The quantitative estimate of drug-likeness (QED) is 0.857. The Labute approximate surface area is 100.0 Å². The van der Waals surface area contributed by atoms with Crippen LogP contribution in [0.3, 0.4) is 0 Å². The molecule has 1 aromatic carbocycles. The zero-order valence-corrected chi connectivity index (χ0v) is 9.63. The minimum absolute atomic E-state index is 0.206. The molecule has 1 heterocycles. The van der Waals surface area contributed by atoms with Crippen LogP contribution in [0.4, 0.5) is 0 Å². The first kappa shape index (κ1) is 11.3. The van der Waals surface area contributed by atoms with E-state index in [2.05, 4.69) is 5.32 Å². The highest BCUT2D eigenvalue weighted by molar-refractivity contribution is 6.31. The summed E-state index contributed by atoms with van der Waals surface area (Å²) < 4.78 is 5.78. The number of hydrogen-bond acceptors (Lipinski definition) is 3. The molecule has 1 aliphatic heterocycles. The maximum Gasteiger partial charge on any atom is 0.121 e. The van der Waals surface area contributed by atoms with E-state index < -0.39 is 0 Å². The Hall–Kier alpha value is -1.24. The Balaban J connectivity index is 2.04. The molecule has 1 aromatic rings. The van der Waals surface area contributed by atoms with E-state index in [0.29, 0.717) is 10.6 Å². The second kappa shape index (κ2) is 5.20. The molecule has 1 atom stereocenters. The summed E-state index contributed by atoms with van der Waals surface area (Å²) in [5.74, 6) is 0.734. The number of rotatable bonds is 2. The van der Waals surface area contributed by atoms with E-state index in [1.54, 1.807) is 18.2 Å². The summed E-state index contributed by atoms with van der Waals surface area (Å²) in [5.41, 5.74) is 0.482. The fraction of sp³-hybridized carbons (Fsp3) is 0.417. The highest BCUT2D eigenvalue weighted by Gasteiger charge is 2.14. The Morgan fingerprint density at radius 2 is 2.38 bits per heavy atom. The molecule has 0 saturated carbocycles. The van der Waals surface area contributed by atoms with Gasteiger partial charge in [-0.1, -0.05) is 11.6 Å². The molecule has 84 valence electrons. The number of nitriles is 1. The third kappa shape index (κ3) is 2.66. The van der Waals surface area contributed by atoms with Gasteiger partial charge in [0.2, 0.25) is 0 Å². The number of halogens is 1. The lowest BCUT2D eigenvalue weighted by Crippen LogP contribution is -2.37. The fourth-order valence-corrected chi connectivity index (χ4v) is 1.99. The molecule has 4 heteroatoms. The molecule has 0 spiro atoms. The number of hydrogen-bond donors (Lipinski definition) is 1. The maximum absolute atomic E-state index is 8.75. The summed E-state index contributed by atoms with van der Waals surface area (Å²) in [5, 5.41) is 12.5. The van der Waals surface area contributed by atoms with Crippen molar-refractivity contribution in [1.82, 2.24) is 5.32 Å². The molecule has 0 amide bonds. The zero-order valence-electron chi connectivity index (χ0n) is 8.87. The largest absolute Gasteiger partial charge is 0.489 e. The normalized spacial score (nSPS) is 20.1. The highest BCUT2D eigenvalue weighted by Crippen LogP contribution is 2.23. The molecular weight excluding hydrogens is 224 g/mol. The first-order chi connectivity index (χ1) is 7.79. The second-order valence-electron chi connectivity index (χ2n) is 3.84. The van der Waals surface area contributed by atoms with Crippen molar-refractivity contribution in [3.63, 3.8) is 0 Å². The number of nitrogens with one attached hydrogen (secondary N) is 1. The van der Waals surface area contributed by atoms with Gasteiger partial charge in [-0.3, -0.25) is 0 Å². The van der Waals surface area contributed by atoms with Crippen molar-refractivity contribution in [2.24, 2.45) is 0 Å². The predicted octanol–water partition coefficient (Wildman–Crippen LogP) is 2.34. The van der Waals surface area contributed by atoms with Gasteiger partial charge in [0.15, 0.2) is 0 Å². The van der Waals surface area contributed by atoms with Crippen molar-refractivity contribution >= 4 is 11.6 Å². The standard InChI is InChI=1S/C12H13ClN2O/c13-12-6-10(4-3-9(12)7-14)16-11-2-1-5-15-8-11/h3-4,6,11,15H,1-2,5,8H2/t11-/m0/s1. The summed E-state index contributed by atoms with van der Waals surface area (Å²) in [6.07, 6.45) is 2.40. The fourth-order valence-electron chi connectivity index (χ4n) is 1.77. The molecule has 0 unspecified atom stereocenters. The van der Waals surface area contributed by atoms with Gasteiger partial charge >= 0.3 is 0 Å². The summed E-state index contributed by atoms with van der Waals surface area (Å²) in [4.78, 5) is 0. The van der Waals surface area contributed by atoms with Crippen LogP contribution in [-0.2, 0) is 0 Å². The monoisotopic (exact) mass is 236 g/mol. The Bertz CT molecular complexity index is 408. The van der Waals surface area contributed by atoms with Gasteiger partial charge in [0.25, 0.3) is 0 Å². The van der Waals surface area contributed by atoms with Gasteiger partial charge in [-0.15, -0.1) is 0 Å². The molecule has 0 radical (unpaired) electrons. The van der Waals surface area contributed by atoms with Gasteiger partial charge in [0.05, 0.1) is 10.6 Å². The Morgan fingerprint density at radius 1 is 1.50 bits per heavy atom. The SMILES string of the molecule is N#Cc1ccc(O[C@H]2CCCNC2)cc1Cl. The van der Waals surface area contributed by atoms with Gasteiger partial charge in [0.1, 0.15) is 17.9 Å². The van der Waals surface area contributed by atoms with Crippen LogP contribution in [0, 0.1) is 11.3 Å². The molecule has 1 fully saturated rings. The predicted molar refractivity (Wildman–Crippen MR) is 62.7 cm³/mol. The summed E-state index contributed by atoms with van der Waals surface area (Å²) in [7, 11) is 0. The van der Waals surface area contributed by atoms with Crippen LogP contribution >= 0.6 is 11.6 Å². The number of nitrogens with zero attached hydrogens (tertiary/aromatic N) is 1. The minimum Gasteiger partial charge on any atom is -0.489 e. The summed E-state index contributed by atoms with van der Waals surface area (Å²) in [6, 6.07) is 7.21. The van der Waals surface area contributed by atoms with Crippen LogP contribution in [0.15, 0.2) is 18.2 Å². The van der Waals surface area contributed by atoms with E-state index in [9.17, 15) is 0 Å². The molecule has 1 N–H and O–H groups in total. The van der Waals surface area contributed by atoms with E-state index in [0.717, 1.165) is 31.7 Å². The van der Waals surface area contributed by atoms with Crippen LogP contribution in [0.5, 0.6) is 5.75 Å². The van der Waals surface area contributed by atoms with E-state index in [1.165, 1.54) is 0 Å². The molecule has 0 aliphatic carbocycles. The topological polar surface area (TPSA) is 45.0 Å². The first-order valence-electron chi connectivity index (χ1n) is 5.36. The summed E-state index contributed by atoms with van der Waals surface area (Å²) >= 11 is 5.93. The molecule has 0 aromatic heterocycles. The van der Waals surface area contributed by atoms with E-state index in [4.69, 9.17) is 21.6 Å². The van der Waals surface area contributed by atoms with Crippen molar-refractivity contribution in [1.29, 1.82) is 5.26 Å². The van der Waals surface area contributed by atoms with Crippen molar-refractivity contribution in [3.05, 3.63) is 28.8 Å². The molecule has 16 heavy (non-hydrogen) atoms. The van der Waals surface area contributed by atoms with Gasteiger partial charge in [-0.05, 0) is 31.5 Å². The van der Waals surface area contributed by atoms with Gasteiger partial charge in [0, 0.05) is 12.6 Å². The zero-order chi connectivity index (χ0) is 11.4. The van der Waals surface area contributed by atoms with Crippen molar-refractivity contribution in [2.75, 3.05) is 13.1 Å². The molecule has 1 aliphatic rings. The van der Waals surface area contributed by atoms with Crippen LogP contribution in [0.25, 0.3) is 0 Å². The molecule has 3 nitrogen and oxygen atoms in total. The van der Waals surface area contributed by atoms with Crippen LogP contribution in [0.1, 0.15) is 18.4 Å². The lowest BCUT2D eigenvalue weighted by Gasteiger charge is -2.24. The van der Waals surface area contributed by atoms with Crippen LogP contribution in [0.2, 0.25) is 5.02 Å². The number of ether oxygens (including phenoxy) is 1. The van der Waals surface area contributed by atoms with E-state index >= 15 is 0 Å². The van der Waals surface area contributed by atoms with Crippen molar-refractivity contribution < 1.29 is 4.74 Å². The van der Waals surface area contributed by atoms with E-state index in [1.807, 2.05) is 6.07 Å². The lowest BCUT2D eigenvalue weighted by atomic mass is 10.1. The molecular formula is C12H13ClN2O. The Kier molecular flexibility index (Phi) is 3.66. The number of benzene rings is 1. The maximum atomic E-state index is 8.75. The van der Waals surface area contributed by atoms with Crippen molar-refractivity contribution in [3.8, 4) is 11.8 Å². The number of piperidine rings is 1. The average Bonchev–Trinajstić information content (AvgIpc) is 2.31. The third-order valence-electron chi connectivity index (χ3n) is 2.62. The Morgan fingerprint density at radius 3 is 3.00 bits per heavy atom. The van der Waals surface area contributed by atoms with Gasteiger partial charge in [-0.25, -0.2) is 0 Å². The molecule has 2 rings (SSSR count). The van der Waals surface area contributed by atoms with Crippen LogP contribution < -0.4 is 10.1 Å². The third-order valence-corrected chi connectivity index (χ3v) is 2.93. The lowest BCUT2D eigenvalue weighted by molar-refractivity contribution is 0.167. The van der Waals surface area contributed by atoms with Crippen LogP contribution in [-0.4, -0.2) is 19.2 Å². The molecule has 0 bridgehead atoms. The second-order valence-corrected chi connectivity index (χ2v) is 4.25. The first-order valence-corrected chi connectivity index (χ1v) is 5.74. The smallest absolute Gasteiger partial charge is 0.121 e. The minimum atomic E-state index is 0.206. The molecule has 1 saturated heterocycles.